The van der Waals surface area contributed by atoms with Crippen molar-refractivity contribution in [3.63, 3.8) is 0 Å². The Morgan fingerprint density at radius 1 is 1.17 bits per heavy atom. The van der Waals surface area contributed by atoms with Gasteiger partial charge < -0.3 is 10.4 Å². The lowest BCUT2D eigenvalue weighted by Crippen LogP contribution is -2.42. The second-order valence-electron chi connectivity index (χ2n) is 5.87. The molecule has 0 aromatic heterocycles. The lowest BCUT2D eigenvalue weighted by molar-refractivity contribution is 0.0134. The van der Waals surface area contributed by atoms with Gasteiger partial charge in [-0.2, -0.15) is 0 Å². The summed E-state index contributed by atoms with van der Waals surface area (Å²) in [5.41, 5.74) is -0.687. The van der Waals surface area contributed by atoms with Gasteiger partial charge in [-0.15, -0.1) is 0 Å². The van der Waals surface area contributed by atoms with Crippen LogP contribution in [0.2, 0.25) is 0 Å². The molecule has 2 aromatic carbocycles. The van der Waals surface area contributed by atoms with Crippen LogP contribution in [0.4, 0.5) is 8.78 Å². The van der Waals surface area contributed by atoms with E-state index in [0.717, 1.165) is 30.5 Å². The van der Waals surface area contributed by atoms with Crippen LogP contribution < -0.4 is 5.32 Å². The van der Waals surface area contributed by atoms with E-state index in [2.05, 4.69) is 5.32 Å². The highest BCUT2D eigenvalue weighted by atomic mass is 19.1. The van der Waals surface area contributed by atoms with Crippen LogP contribution in [0.3, 0.4) is 0 Å². The first-order chi connectivity index (χ1) is 11.0. The van der Waals surface area contributed by atoms with Crippen LogP contribution in [0.15, 0.2) is 48.5 Å². The number of nitrogens with one attached hydrogen (secondary N) is 1. The molecule has 1 aliphatic rings. The van der Waals surface area contributed by atoms with Gasteiger partial charge in [-0.25, -0.2) is 8.78 Å². The maximum Gasteiger partial charge on any atom is 0.254 e. The molecule has 23 heavy (non-hydrogen) atoms. The third kappa shape index (κ3) is 3.24. The molecule has 0 spiro atoms. The van der Waals surface area contributed by atoms with Gasteiger partial charge in [0.25, 0.3) is 5.91 Å². The molecule has 1 aliphatic carbocycles. The van der Waals surface area contributed by atoms with Crippen LogP contribution in [0.25, 0.3) is 0 Å². The van der Waals surface area contributed by atoms with E-state index >= 15 is 0 Å². The number of hydrogen-bond donors (Lipinski definition) is 2. The highest BCUT2D eigenvalue weighted by molar-refractivity contribution is 5.94. The minimum atomic E-state index is -1.17. The quantitative estimate of drug-likeness (QED) is 0.891. The molecule has 1 atom stereocenters. The predicted octanol–water partition coefficient (Wildman–Crippen LogP) is 2.99. The molecule has 120 valence electrons. The molecule has 1 unspecified atom stereocenters. The Kier molecular flexibility index (Phi) is 4.13. The zero-order valence-corrected chi connectivity index (χ0v) is 12.4. The first kappa shape index (κ1) is 15.6. The fourth-order valence-electron chi connectivity index (χ4n) is 2.75. The summed E-state index contributed by atoms with van der Waals surface area (Å²) in [6.07, 6.45) is 1.76. The molecule has 1 saturated carbocycles. The van der Waals surface area contributed by atoms with Gasteiger partial charge in [-0.1, -0.05) is 30.3 Å². The van der Waals surface area contributed by atoms with Crippen molar-refractivity contribution in [2.24, 2.45) is 5.92 Å². The molecule has 2 aromatic rings. The Morgan fingerprint density at radius 2 is 1.87 bits per heavy atom. The molecule has 3 nitrogen and oxygen atoms in total. The molecule has 1 fully saturated rings. The summed E-state index contributed by atoms with van der Waals surface area (Å²) in [6, 6.07) is 11.9. The zero-order valence-electron chi connectivity index (χ0n) is 12.4. The van der Waals surface area contributed by atoms with Crippen molar-refractivity contribution in [3.8, 4) is 0 Å². The predicted molar refractivity (Wildman–Crippen MR) is 81.8 cm³/mol. The minimum absolute atomic E-state index is 0.0165. The Balaban J connectivity index is 1.76. The lowest BCUT2D eigenvalue weighted by Gasteiger charge is -2.29. The molecule has 0 aliphatic heterocycles. The summed E-state index contributed by atoms with van der Waals surface area (Å²) < 4.78 is 26.6. The fraction of sp³-hybridized carbons (Fsp3) is 0.278. The second kappa shape index (κ2) is 6.08. The third-order valence-corrected chi connectivity index (χ3v) is 4.22. The number of carbonyl (C=O) groups is 1. The number of carbonyl (C=O) groups excluding carboxylic acids is 1. The highest BCUT2D eigenvalue weighted by Gasteiger charge is 2.45. The van der Waals surface area contributed by atoms with Crippen LogP contribution in [0.5, 0.6) is 0 Å². The normalized spacial score (nSPS) is 16.7. The largest absolute Gasteiger partial charge is 0.383 e. The molecule has 1 amide bonds. The summed E-state index contributed by atoms with van der Waals surface area (Å²) in [4.78, 5) is 12.1. The molecule has 0 saturated heterocycles. The summed E-state index contributed by atoms with van der Waals surface area (Å²) in [5.74, 6) is -2.25. The number of aliphatic hydroxyl groups is 1. The average Bonchev–Trinajstić information content (AvgIpc) is 3.38. The van der Waals surface area contributed by atoms with E-state index in [4.69, 9.17) is 0 Å². The minimum Gasteiger partial charge on any atom is -0.383 e. The van der Waals surface area contributed by atoms with Gasteiger partial charge in [-0.05, 0) is 36.5 Å². The summed E-state index contributed by atoms with van der Waals surface area (Å²) in [6.45, 7) is -0.0165. The van der Waals surface area contributed by atoms with Gasteiger partial charge >= 0.3 is 0 Å². The number of hydrogen-bond acceptors (Lipinski definition) is 2. The van der Waals surface area contributed by atoms with Gasteiger partial charge in [0.2, 0.25) is 0 Å². The summed E-state index contributed by atoms with van der Waals surface area (Å²) >= 11 is 0. The number of benzene rings is 2. The van der Waals surface area contributed by atoms with E-state index in [9.17, 15) is 18.7 Å². The maximum absolute atomic E-state index is 13.7. The van der Waals surface area contributed by atoms with Crippen molar-refractivity contribution in [1.82, 2.24) is 5.32 Å². The fourth-order valence-corrected chi connectivity index (χ4v) is 2.75. The Labute approximate surface area is 133 Å². The van der Waals surface area contributed by atoms with Crippen molar-refractivity contribution >= 4 is 5.91 Å². The van der Waals surface area contributed by atoms with Gasteiger partial charge in [0.1, 0.15) is 17.2 Å². The van der Waals surface area contributed by atoms with Crippen LogP contribution in [-0.4, -0.2) is 17.6 Å². The molecule has 3 rings (SSSR count). The van der Waals surface area contributed by atoms with E-state index in [-0.39, 0.29) is 18.0 Å². The number of rotatable bonds is 5. The van der Waals surface area contributed by atoms with Crippen LogP contribution in [0.1, 0.15) is 28.8 Å². The first-order valence-electron chi connectivity index (χ1n) is 7.52. The van der Waals surface area contributed by atoms with E-state index in [1.54, 1.807) is 0 Å². The Bertz CT molecular complexity index is 716. The maximum atomic E-state index is 13.7. The molecular weight excluding hydrogens is 300 g/mol. The molecule has 0 bridgehead atoms. The van der Waals surface area contributed by atoms with Gasteiger partial charge in [0, 0.05) is 6.07 Å². The topological polar surface area (TPSA) is 49.3 Å². The van der Waals surface area contributed by atoms with Crippen molar-refractivity contribution in [3.05, 3.63) is 71.3 Å². The molecule has 2 N–H and O–H groups in total. The Morgan fingerprint density at radius 3 is 2.48 bits per heavy atom. The van der Waals surface area contributed by atoms with E-state index < -0.39 is 23.1 Å². The van der Waals surface area contributed by atoms with E-state index in [1.165, 1.54) is 0 Å². The standard InChI is InChI=1S/C18H17F2NO2/c19-14-8-9-15(16(20)10-14)17(22)21-11-18(23,13-6-7-13)12-4-2-1-3-5-12/h1-5,8-10,13,23H,6-7,11H2,(H,21,22). The van der Waals surface area contributed by atoms with Crippen molar-refractivity contribution < 1.29 is 18.7 Å². The van der Waals surface area contributed by atoms with E-state index in [1.807, 2.05) is 30.3 Å². The highest BCUT2D eigenvalue weighted by Crippen LogP contribution is 2.45. The van der Waals surface area contributed by atoms with Gasteiger partial charge in [-0.3, -0.25) is 4.79 Å². The summed E-state index contributed by atoms with van der Waals surface area (Å²) in [7, 11) is 0. The van der Waals surface area contributed by atoms with Crippen molar-refractivity contribution in [1.29, 1.82) is 0 Å². The number of amides is 1. The van der Waals surface area contributed by atoms with Gasteiger partial charge in [0.15, 0.2) is 0 Å². The molecule has 0 radical (unpaired) electrons. The van der Waals surface area contributed by atoms with Crippen molar-refractivity contribution in [2.45, 2.75) is 18.4 Å². The second-order valence-corrected chi connectivity index (χ2v) is 5.87. The monoisotopic (exact) mass is 317 g/mol. The molecule has 0 heterocycles. The van der Waals surface area contributed by atoms with Gasteiger partial charge in [0.05, 0.1) is 12.1 Å². The van der Waals surface area contributed by atoms with Crippen molar-refractivity contribution in [2.75, 3.05) is 6.54 Å². The first-order valence-corrected chi connectivity index (χ1v) is 7.52. The lowest BCUT2D eigenvalue weighted by atomic mass is 9.88. The summed E-state index contributed by atoms with van der Waals surface area (Å²) in [5, 5.41) is 13.5. The van der Waals surface area contributed by atoms with E-state index in [0.29, 0.717) is 6.07 Å². The Hall–Kier alpha value is -2.27. The van der Waals surface area contributed by atoms with Crippen LogP contribution in [-0.2, 0) is 5.60 Å². The molecular formula is C18H17F2NO2. The van der Waals surface area contributed by atoms with Crippen LogP contribution in [0, 0.1) is 17.6 Å². The smallest absolute Gasteiger partial charge is 0.254 e. The average molecular weight is 317 g/mol. The number of halogens is 2. The zero-order chi connectivity index (χ0) is 16.4. The third-order valence-electron chi connectivity index (χ3n) is 4.22. The van der Waals surface area contributed by atoms with Crippen LogP contribution >= 0.6 is 0 Å². The molecule has 5 heteroatoms. The SMILES string of the molecule is O=C(NCC(O)(c1ccccc1)C1CC1)c1ccc(F)cc1F.